The fourth-order valence-electron chi connectivity index (χ4n) is 4.98. The molecule has 0 fully saturated rings. The lowest BCUT2D eigenvalue weighted by atomic mass is 10.0. The molecule has 0 aliphatic rings. The van der Waals surface area contributed by atoms with Crippen molar-refractivity contribution in [2.75, 3.05) is 0 Å². The highest BCUT2D eigenvalue weighted by atomic mass is 16.4. The van der Waals surface area contributed by atoms with Crippen molar-refractivity contribution in [3.63, 3.8) is 0 Å². The molecule has 0 amide bonds. The summed E-state index contributed by atoms with van der Waals surface area (Å²) in [6.07, 6.45) is 0. The van der Waals surface area contributed by atoms with Crippen LogP contribution in [-0.2, 0) is 6.54 Å². The normalized spacial score (nSPS) is 11.6. The number of aromatic nitrogens is 2. The summed E-state index contributed by atoms with van der Waals surface area (Å²) in [5.41, 5.74) is 5.66. The van der Waals surface area contributed by atoms with Crippen LogP contribution in [-0.4, -0.2) is 20.6 Å². The van der Waals surface area contributed by atoms with Crippen LogP contribution >= 0.6 is 0 Å². The van der Waals surface area contributed by atoms with Gasteiger partial charge in [0.05, 0.1) is 22.1 Å². The van der Waals surface area contributed by atoms with Crippen LogP contribution in [0.2, 0.25) is 0 Å². The second-order valence-electron chi connectivity index (χ2n) is 9.36. The summed E-state index contributed by atoms with van der Waals surface area (Å²) in [6, 6.07) is 21.8. The van der Waals surface area contributed by atoms with Gasteiger partial charge in [0, 0.05) is 33.6 Å². The smallest absolute Gasteiger partial charge is 0.335 e. The van der Waals surface area contributed by atoms with E-state index in [0.717, 1.165) is 27.7 Å². The van der Waals surface area contributed by atoms with Crippen LogP contribution in [0, 0.1) is 13.8 Å². The van der Waals surface area contributed by atoms with Crippen LogP contribution < -0.4 is 10.9 Å². The number of hydrogen-bond donors (Lipinski definition) is 2. The highest BCUT2D eigenvalue weighted by Gasteiger charge is 2.15. The monoisotopic (exact) mass is 474 g/mol. The Morgan fingerprint density at radius 3 is 2.06 bits per heavy atom. The topological polar surface area (TPSA) is 92.2 Å². The van der Waals surface area contributed by atoms with Crippen molar-refractivity contribution in [1.82, 2.24) is 9.55 Å². The zero-order valence-electron chi connectivity index (χ0n) is 19.8. The van der Waals surface area contributed by atoms with Crippen molar-refractivity contribution < 1.29 is 9.90 Å². The van der Waals surface area contributed by atoms with Gasteiger partial charge in [0.25, 0.3) is 0 Å². The molecule has 4 aromatic carbocycles. The van der Waals surface area contributed by atoms with Gasteiger partial charge in [-0.05, 0) is 67.9 Å². The third kappa shape index (κ3) is 3.38. The number of pyridine rings is 2. The molecule has 0 radical (unpaired) electrons. The Bertz CT molecular complexity index is 2000. The minimum absolute atomic E-state index is 0.0850. The SMILES string of the molecule is Cc1ccc2[nH]c3cc4c(=O)c5cc(C)ccc5n(Cc5ccc(C(=O)O)cc5)c4cc3c(=O)c2c1. The van der Waals surface area contributed by atoms with Gasteiger partial charge in [-0.15, -0.1) is 0 Å². The molecular weight excluding hydrogens is 452 g/mol. The number of nitrogens with one attached hydrogen (secondary N) is 1. The van der Waals surface area contributed by atoms with Gasteiger partial charge in [0.2, 0.25) is 0 Å². The average Bonchev–Trinajstić information content (AvgIpc) is 2.87. The molecule has 0 atom stereocenters. The second kappa shape index (κ2) is 7.92. The van der Waals surface area contributed by atoms with Crippen LogP contribution in [0.4, 0.5) is 0 Å². The lowest BCUT2D eigenvalue weighted by molar-refractivity contribution is 0.0697. The summed E-state index contributed by atoms with van der Waals surface area (Å²) in [4.78, 5) is 41.7. The molecule has 6 nitrogen and oxygen atoms in total. The number of rotatable bonds is 3. The van der Waals surface area contributed by atoms with Crippen molar-refractivity contribution in [1.29, 1.82) is 0 Å². The van der Waals surface area contributed by atoms with Gasteiger partial charge in [0.15, 0.2) is 10.9 Å². The van der Waals surface area contributed by atoms with Crippen molar-refractivity contribution >= 4 is 49.6 Å². The number of carboxylic acid groups (broad SMARTS) is 1. The molecule has 6 rings (SSSR count). The summed E-state index contributed by atoms with van der Waals surface area (Å²) < 4.78 is 2.03. The Kier molecular flexibility index (Phi) is 4.79. The van der Waals surface area contributed by atoms with E-state index in [9.17, 15) is 19.5 Å². The Hall–Kier alpha value is -4.71. The number of H-pyrrole nitrogens is 1. The highest BCUT2D eigenvalue weighted by Crippen LogP contribution is 2.26. The first-order valence-electron chi connectivity index (χ1n) is 11.7. The molecule has 0 saturated carbocycles. The van der Waals surface area contributed by atoms with E-state index < -0.39 is 5.97 Å². The molecule has 0 bridgehead atoms. The van der Waals surface area contributed by atoms with E-state index in [2.05, 4.69) is 4.98 Å². The Balaban J connectivity index is 1.71. The second-order valence-corrected chi connectivity index (χ2v) is 9.36. The first kappa shape index (κ1) is 21.8. The number of nitrogens with zero attached hydrogens (tertiary/aromatic N) is 1. The number of benzene rings is 4. The van der Waals surface area contributed by atoms with Gasteiger partial charge >= 0.3 is 5.97 Å². The standard InChI is InChI=1S/C30H22N2O4/c1-16-3-9-24-20(11-16)28(33)21-14-27-23(13-25(21)31-24)29(34)22-12-17(2)4-10-26(22)32(27)15-18-5-7-19(8-6-18)30(35)36/h3-14H,15H2,1-2H3,(H,31,33)(H,35,36). The quantitative estimate of drug-likeness (QED) is 0.331. The molecule has 0 aliphatic carbocycles. The molecular formula is C30H22N2O4. The molecule has 0 aliphatic heterocycles. The third-order valence-corrected chi connectivity index (χ3v) is 6.83. The number of carboxylic acids is 1. The van der Waals surface area contributed by atoms with Gasteiger partial charge in [0.1, 0.15) is 0 Å². The van der Waals surface area contributed by atoms with Gasteiger partial charge in [-0.2, -0.15) is 0 Å². The predicted octanol–water partition coefficient (Wildman–Crippen LogP) is 5.51. The molecule has 2 N–H and O–H groups in total. The van der Waals surface area contributed by atoms with Crippen LogP contribution in [0.15, 0.2) is 82.4 Å². The molecule has 36 heavy (non-hydrogen) atoms. The zero-order chi connectivity index (χ0) is 25.1. The maximum atomic E-state index is 13.6. The minimum atomic E-state index is -0.982. The number of hydrogen-bond acceptors (Lipinski definition) is 3. The van der Waals surface area contributed by atoms with E-state index in [-0.39, 0.29) is 16.4 Å². The maximum absolute atomic E-state index is 13.6. The van der Waals surface area contributed by atoms with Gasteiger partial charge in [-0.3, -0.25) is 9.59 Å². The maximum Gasteiger partial charge on any atom is 0.335 e. The first-order valence-corrected chi connectivity index (χ1v) is 11.7. The Morgan fingerprint density at radius 2 is 1.33 bits per heavy atom. The number of fused-ring (bicyclic) bond motifs is 4. The third-order valence-electron chi connectivity index (χ3n) is 6.83. The predicted molar refractivity (Wildman–Crippen MR) is 143 cm³/mol. The largest absolute Gasteiger partial charge is 0.478 e. The summed E-state index contributed by atoms with van der Waals surface area (Å²) >= 11 is 0. The van der Waals surface area contributed by atoms with E-state index in [0.29, 0.717) is 39.1 Å². The lowest BCUT2D eigenvalue weighted by Gasteiger charge is -2.17. The molecule has 0 unspecified atom stereocenters. The summed E-state index contributed by atoms with van der Waals surface area (Å²) in [6.45, 7) is 4.31. The number of aryl methyl sites for hydroxylation is 2. The van der Waals surface area contributed by atoms with E-state index >= 15 is 0 Å². The van der Waals surface area contributed by atoms with E-state index in [1.807, 2.05) is 54.8 Å². The van der Waals surface area contributed by atoms with Crippen LogP contribution in [0.5, 0.6) is 0 Å². The summed E-state index contributed by atoms with van der Waals surface area (Å²) in [5.74, 6) is -0.982. The molecule has 0 saturated heterocycles. The van der Waals surface area contributed by atoms with Crippen LogP contribution in [0.1, 0.15) is 27.0 Å². The van der Waals surface area contributed by atoms with Crippen LogP contribution in [0.3, 0.4) is 0 Å². The number of carbonyl (C=O) groups is 1. The fraction of sp³-hybridized carbons (Fsp3) is 0.100. The molecule has 6 aromatic rings. The van der Waals surface area contributed by atoms with Crippen molar-refractivity contribution in [2.45, 2.75) is 20.4 Å². The highest BCUT2D eigenvalue weighted by molar-refractivity contribution is 6.03. The summed E-state index contributed by atoms with van der Waals surface area (Å²) in [7, 11) is 0. The Labute approximate surface area is 205 Å². The number of aromatic carboxylic acids is 1. The first-order chi connectivity index (χ1) is 17.3. The average molecular weight is 475 g/mol. The molecule has 0 spiro atoms. The van der Waals surface area contributed by atoms with Crippen LogP contribution in [0.25, 0.3) is 43.6 Å². The molecule has 6 heteroatoms. The number of aromatic amines is 1. The van der Waals surface area contributed by atoms with Gasteiger partial charge in [-0.1, -0.05) is 35.4 Å². The minimum Gasteiger partial charge on any atom is -0.478 e. The van der Waals surface area contributed by atoms with Crippen molar-refractivity contribution in [3.05, 3.63) is 115 Å². The van der Waals surface area contributed by atoms with E-state index in [4.69, 9.17) is 0 Å². The zero-order valence-corrected chi connectivity index (χ0v) is 19.8. The molecule has 2 heterocycles. The van der Waals surface area contributed by atoms with Gasteiger partial charge < -0.3 is 14.7 Å². The Morgan fingerprint density at radius 1 is 0.722 bits per heavy atom. The van der Waals surface area contributed by atoms with Crippen molar-refractivity contribution in [3.8, 4) is 0 Å². The summed E-state index contributed by atoms with van der Waals surface area (Å²) in [5, 5.41) is 11.5. The fourth-order valence-corrected chi connectivity index (χ4v) is 4.98. The van der Waals surface area contributed by atoms with Gasteiger partial charge in [-0.25, -0.2) is 4.79 Å². The van der Waals surface area contributed by atoms with Crippen molar-refractivity contribution in [2.24, 2.45) is 0 Å². The van der Waals surface area contributed by atoms with E-state index in [1.54, 1.807) is 36.4 Å². The molecule has 176 valence electrons. The van der Waals surface area contributed by atoms with E-state index in [1.165, 1.54) is 0 Å². The lowest BCUT2D eigenvalue weighted by Crippen LogP contribution is -2.14. The molecule has 2 aromatic heterocycles.